The molecule has 22 heavy (non-hydrogen) atoms. The Balaban J connectivity index is 1.92. The van der Waals surface area contributed by atoms with E-state index in [1.54, 1.807) is 11.3 Å². The number of nitrogens with zero attached hydrogens (tertiary/aromatic N) is 2. The Morgan fingerprint density at radius 3 is 2.68 bits per heavy atom. The summed E-state index contributed by atoms with van der Waals surface area (Å²) in [5.41, 5.74) is 0.0632. The second-order valence-corrected chi connectivity index (χ2v) is 6.34. The number of fused-ring (bicyclic) bond motifs is 1. The van der Waals surface area contributed by atoms with E-state index in [1.807, 2.05) is 17.5 Å². The number of anilines is 1. The Morgan fingerprint density at radius 2 is 1.95 bits per heavy atom. The first-order chi connectivity index (χ1) is 10.5. The maximum Gasteiger partial charge on any atom is 0.433 e. The molecule has 0 bridgehead atoms. The van der Waals surface area contributed by atoms with E-state index in [-0.39, 0.29) is 11.5 Å². The Morgan fingerprint density at radius 1 is 1.14 bits per heavy atom. The smallest absolute Gasteiger partial charge is 0.349 e. The number of nitrogens with one attached hydrogen (secondary N) is 1. The van der Waals surface area contributed by atoms with E-state index in [1.165, 1.54) is 0 Å². The highest BCUT2D eigenvalue weighted by Crippen LogP contribution is 2.34. The van der Waals surface area contributed by atoms with E-state index >= 15 is 0 Å². The molecule has 118 valence electrons. The van der Waals surface area contributed by atoms with Crippen LogP contribution in [0.15, 0.2) is 17.5 Å². The standard InChI is InChI=1S/C15H16F3N3S/c16-15(17,18)13-11-6-2-1-3-7-12(11)20-14(21-13)19-9-10-5-4-8-22-10/h4-5,8H,1-3,6-7,9H2,(H,19,20,21). The lowest BCUT2D eigenvalue weighted by Gasteiger charge is -2.15. The highest BCUT2D eigenvalue weighted by atomic mass is 32.1. The van der Waals surface area contributed by atoms with Gasteiger partial charge >= 0.3 is 6.18 Å². The third-order valence-electron chi connectivity index (χ3n) is 3.70. The fourth-order valence-electron chi connectivity index (χ4n) is 2.66. The van der Waals surface area contributed by atoms with Crippen LogP contribution in [0.25, 0.3) is 0 Å². The highest BCUT2D eigenvalue weighted by Gasteiger charge is 2.37. The van der Waals surface area contributed by atoms with E-state index in [0.717, 1.165) is 24.1 Å². The number of halogens is 3. The molecule has 1 aliphatic rings. The number of aryl methyl sites for hydroxylation is 1. The molecule has 0 spiro atoms. The lowest BCUT2D eigenvalue weighted by molar-refractivity contribution is -0.141. The second-order valence-electron chi connectivity index (χ2n) is 5.31. The molecule has 2 aromatic rings. The Hall–Kier alpha value is -1.63. The molecule has 2 heterocycles. The molecular weight excluding hydrogens is 311 g/mol. The molecule has 0 unspecified atom stereocenters. The lowest BCUT2D eigenvalue weighted by Crippen LogP contribution is -2.17. The van der Waals surface area contributed by atoms with Crippen molar-refractivity contribution in [1.82, 2.24) is 9.97 Å². The van der Waals surface area contributed by atoms with Gasteiger partial charge in [-0.2, -0.15) is 13.2 Å². The predicted octanol–water partition coefficient (Wildman–Crippen LogP) is 4.44. The van der Waals surface area contributed by atoms with E-state index in [0.29, 0.717) is 25.1 Å². The monoisotopic (exact) mass is 327 g/mol. The third kappa shape index (κ3) is 3.40. The third-order valence-corrected chi connectivity index (χ3v) is 4.58. The van der Waals surface area contributed by atoms with Crippen molar-refractivity contribution in [2.75, 3.05) is 5.32 Å². The molecular formula is C15H16F3N3S. The van der Waals surface area contributed by atoms with Gasteiger partial charge in [-0.05, 0) is 37.1 Å². The molecule has 0 amide bonds. The minimum Gasteiger partial charge on any atom is -0.349 e. The summed E-state index contributed by atoms with van der Waals surface area (Å²) in [7, 11) is 0. The van der Waals surface area contributed by atoms with E-state index in [2.05, 4.69) is 15.3 Å². The van der Waals surface area contributed by atoms with Gasteiger partial charge in [0, 0.05) is 16.1 Å². The van der Waals surface area contributed by atoms with Crippen LogP contribution in [0.2, 0.25) is 0 Å². The zero-order valence-electron chi connectivity index (χ0n) is 11.9. The maximum absolute atomic E-state index is 13.3. The normalized spacial score (nSPS) is 15.2. The van der Waals surface area contributed by atoms with Gasteiger partial charge in [0.1, 0.15) is 0 Å². The number of hydrogen-bond donors (Lipinski definition) is 1. The predicted molar refractivity (Wildman–Crippen MR) is 79.9 cm³/mol. The van der Waals surface area contributed by atoms with Gasteiger partial charge in [-0.25, -0.2) is 9.97 Å². The minimum atomic E-state index is -4.43. The zero-order valence-corrected chi connectivity index (χ0v) is 12.7. The van der Waals surface area contributed by atoms with Gasteiger partial charge in [0.25, 0.3) is 0 Å². The molecule has 1 N–H and O–H groups in total. The summed E-state index contributed by atoms with van der Waals surface area (Å²) in [6, 6.07) is 3.83. The first-order valence-electron chi connectivity index (χ1n) is 7.27. The van der Waals surface area contributed by atoms with E-state index in [9.17, 15) is 13.2 Å². The van der Waals surface area contributed by atoms with Crippen LogP contribution in [0.5, 0.6) is 0 Å². The van der Waals surface area contributed by atoms with Crippen molar-refractivity contribution in [1.29, 1.82) is 0 Å². The van der Waals surface area contributed by atoms with Gasteiger partial charge in [0.2, 0.25) is 5.95 Å². The largest absolute Gasteiger partial charge is 0.433 e. The molecule has 1 aliphatic carbocycles. The molecule has 2 aromatic heterocycles. The van der Waals surface area contributed by atoms with Gasteiger partial charge in [-0.15, -0.1) is 11.3 Å². The number of rotatable bonds is 3. The van der Waals surface area contributed by atoms with Gasteiger partial charge in [0.15, 0.2) is 5.69 Å². The van der Waals surface area contributed by atoms with Crippen LogP contribution in [0.4, 0.5) is 19.1 Å². The van der Waals surface area contributed by atoms with E-state index < -0.39 is 11.9 Å². The molecule has 7 heteroatoms. The average Bonchev–Trinajstić information content (AvgIpc) is 2.87. The second kappa shape index (κ2) is 6.24. The molecule has 3 rings (SSSR count). The first kappa shape index (κ1) is 15.3. The van der Waals surface area contributed by atoms with Crippen LogP contribution in [0, 0.1) is 0 Å². The summed E-state index contributed by atoms with van der Waals surface area (Å²) < 4.78 is 39.9. The van der Waals surface area contributed by atoms with E-state index in [4.69, 9.17) is 0 Å². The van der Waals surface area contributed by atoms with Gasteiger partial charge < -0.3 is 5.32 Å². The summed E-state index contributed by atoms with van der Waals surface area (Å²) >= 11 is 1.54. The van der Waals surface area contributed by atoms with Gasteiger partial charge in [-0.3, -0.25) is 0 Å². The van der Waals surface area contributed by atoms with Crippen molar-refractivity contribution in [2.45, 2.75) is 44.8 Å². The molecule has 0 fully saturated rings. The number of alkyl halides is 3. The summed E-state index contributed by atoms with van der Waals surface area (Å²) in [6.07, 6.45) is -0.848. The number of aromatic nitrogens is 2. The maximum atomic E-state index is 13.3. The molecule has 0 radical (unpaired) electrons. The van der Waals surface area contributed by atoms with Crippen LogP contribution >= 0.6 is 11.3 Å². The van der Waals surface area contributed by atoms with Gasteiger partial charge in [-0.1, -0.05) is 12.5 Å². The molecule has 0 atom stereocenters. The van der Waals surface area contributed by atoms with Crippen LogP contribution in [0.3, 0.4) is 0 Å². The first-order valence-corrected chi connectivity index (χ1v) is 8.15. The molecule has 0 saturated carbocycles. The van der Waals surface area contributed by atoms with Crippen molar-refractivity contribution in [2.24, 2.45) is 0 Å². The summed E-state index contributed by atoms with van der Waals surface area (Å²) in [5.74, 6) is 0.0707. The molecule has 0 aliphatic heterocycles. The van der Waals surface area contributed by atoms with Crippen LogP contribution in [-0.2, 0) is 25.6 Å². The van der Waals surface area contributed by atoms with Crippen molar-refractivity contribution >= 4 is 17.3 Å². The van der Waals surface area contributed by atoms with Crippen molar-refractivity contribution < 1.29 is 13.2 Å². The fraction of sp³-hybridized carbons (Fsp3) is 0.467. The topological polar surface area (TPSA) is 37.8 Å². The summed E-state index contributed by atoms with van der Waals surface area (Å²) in [6.45, 7) is 0.438. The molecule has 0 aromatic carbocycles. The van der Waals surface area contributed by atoms with Crippen LogP contribution in [-0.4, -0.2) is 9.97 Å². The highest BCUT2D eigenvalue weighted by molar-refractivity contribution is 7.09. The Bertz CT molecular complexity index is 638. The van der Waals surface area contributed by atoms with Crippen molar-refractivity contribution in [3.05, 3.63) is 39.3 Å². The Kier molecular flexibility index (Phi) is 4.33. The summed E-state index contributed by atoms with van der Waals surface area (Å²) in [4.78, 5) is 9.12. The van der Waals surface area contributed by atoms with Crippen molar-refractivity contribution in [3.63, 3.8) is 0 Å². The Labute approximate surface area is 130 Å². The van der Waals surface area contributed by atoms with Gasteiger partial charge in [0.05, 0.1) is 6.54 Å². The summed E-state index contributed by atoms with van der Waals surface area (Å²) in [5, 5.41) is 4.84. The number of thiophene rings is 1. The number of hydrogen-bond acceptors (Lipinski definition) is 4. The van der Waals surface area contributed by atoms with Crippen LogP contribution in [0.1, 0.15) is 41.1 Å². The average molecular weight is 327 g/mol. The van der Waals surface area contributed by atoms with Crippen LogP contribution < -0.4 is 5.32 Å². The SMILES string of the molecule is FC(F)(F)c1nc(NCc2cccs2)nc2c1CCCCC2. The fourth-order valence-corrected chi connectivity index (χ4v) is 3.31. The lowest BCUT2D eigenvalue weighted by atomic mass is 10.1. The zero-order chi connectivity index (χ0) is 15.6. The minimum absolute atomic E-state index is 0.0707. The quantitative estimate of drug-likeness (QED) is 0.847. The van der Waals surface area contributed by atoms with Crippen molar-refractivity contribution in [3.8, 4) is 0 Å². The molecule has 0 saturated heterocycles. The molecule has 3 nitrogen and oxygen atoms in total.